The standard InChI is InChI=1S/C11H13BrN4O/c12-9-2-1-3-10(6-9)17-5-4-16-11(7-13)14-8-15-16/h1-3,6,8H,4-5,7,13H2. The van der Waals surface area contributed by atoms with Crippen molar-refractivity contribution in [1.29, 1.82) is 0 Å². The van der Waals surface area contributed by atoms with E-state index in [1.807, 2.05) is 24.3 Å². The first-order valence-electron chi connectivity index (χ1n) is 5.24. The molecule has 0 atom stereocenters. The second-order valence-corrected chi connectivity index (χ2v) is 4.33. The van der Waals surface area contributed by atoms with Crippen molar-refractivity contribution in [2.75, 3.05) is 6.61 Å². The fourth-order valence-electron chi connectivity index (χ4n) is 1.44. The third kappa shape index (κ3) is 3.28. The number of nitrogens with two attached hydrogens (primary N) is 1. The predicted molar refractivity (Wildman–Crippen MR) is 67.6 cm³/mol. The van der Waals surface area contributed by atoms with Gasteiger partial charge in [-0.2, -0.15) is 5.10 Å². The Morgan fingerprint density at radius 2 is 2.29 bits per heavy atom. The molecule has 0 saturated heterocycles. The first-order valence-corrected chi connectivity index (χ1v) is 6.04. The molecule has 1 aromatic heterocycles. The molecule has 5 nitrogen and oxygen atoms in total. The average Bonchev–Trinajstić information content (AvgIpc) is 2.77. The third-order valence-corrected chi connectivity index (χ3v) is 2.74. The summed E-state index contributed by atoms with van der Waals surface area (Å²) in [5.41, 5.74) is 5.53. The summed E-state index contributed by atoms with van der Waals surface area (Å²) in [5.74, 6) is 1.59. The second-order valence-electron chi connectivity index (χ2n) is 3.41. The van der Waals surface area contributed by atoms with Crippen LogP contribution < -0.4 is 10.5 Å². The lowest BCUT2D eigenvalue weighted by Gasteiger charge is -2.07. The molecule has 0 aliphatic carbocycles. The number of hydrogen-bond acceptors (Lipinski definition) is 4. The second kappa shape index (κ2) is 5.79. The van der Waals surface area contributed by atoms with Crippen LogP contribution in [0.5, 0.6) is 5.75 Å². The molecule has 2 N–H and O–H groups in total. The van der Waals surface area contributed by atoms with Crippen molar-refractivity contribution in [2.24, 2.45) is 5.73 Å². The Kier molecular flexibility index (Phi) is 4.11. The van der Waals surface area contributed by atoms with Gasteiger partial charge in [0.15, 0.2) is 0 Å². The number of benzene rings is 1. The van der Waals surface area contributed by atoms with Gasteiger partial charge in [-0.3, -0.25) is 0 Å². The Bertz CT molecular complexity index is 486. The summed E-state index contributed by atoms with van der Waals surface area (Å²) in [6.07, 6.45) is 1.50. The SMILES string of the molecule is NCc1ncnn1CCOc1cccc(Br)c1. The van der Waals surface area contributed by atoms with Gasteiger partial charge in [0.25, 0.3) is 0 Å². The Hall–Kier alpha value is -1.40. The van der Waals surface area contributed by atoms with E-state index in [-0.39, 0.29) is 0 Å². The fraction of sp³-hybridized carbons (Fsp3) is 0.273. The fourth-order valence-corrected chi connectivity index (χ4v) is 1.82. The summed E-state index contributed by atoms with van der Waals surface area (Å²) >= 11 is 3.39. The van der Waals surface area contributed by atoms with Gasteiger partial charge >= 0.3 is 0 Å². The van der Waals surface area contributed by atoms with Gasteiger partial charge < -0.3 is 10.5 Å². The molecule has 0 unspecified atom stereocenters. The first kappa shape index (κ1) is 12.1. The molecule has 17 heavy (non-hydrogen) atoms. The van der Waals surface area contributed by atoms with Crippen molar-refractivity contribution in [1.82, 2.24) is 14.8 Å². The summed E-state index contributed by atoms with van der Waals surface area (Å²) < 4.78 is 8.35. The lowest BCUT2D eigenvalue weighted by atomic mass is 10.3. The molecule has 0 amide bonds. The van der Waals surface area contributed by atoms with Crippen LogP contribution in [0.15, 0.2) is 35.1 Å². The molecule has 0 aliphatic heterocycles. The number of halogens is 1. The molecule has 1 aromatic carbocycles. The van der Waals surface area contributed by atoms with Crippen LogP contribution in [0.2, 0.25) is 0 Å². The molecule has 90 valence electrons. The molecule has 0 bridgehead atoms. The molecule has 0 radical (unpaired) electrons. The van der Waals surface area contributed by atoms with Crippen molar-refractivity contribution in [3.05, 3.63) is 40.9 Å². The smallest absolute Gasteiger partial charge is 0.140 e. The van der Waals surface area contributed by atoms with Crippen molar-refractivity contribution in [2.45, 2.75) is 13.1 Å². The topological polar surface area (TPSA) is 66.0 Å². The third-order valence-electron chi connectivity index (χ3n) is 2.25. The minimum absolute atomic E-state index is 0.386. The first-order chi connectivity index (χ1) is 8.29. The van der Waals surface area contributed by atoms with E-state index in [0.717, 1.165) is 16.0 Å². The maximum absolute atomic E-state index is 5.60. The summed E-state index contributed by atoms with van der Waals surface area (Å²) in [6.45, 7) is 1.56. The van der Waals surface area contributed by atoms with Gasteiger partial charge in [-0.05, 0) is 18.2 Å². The van der Waals surface area contributed by atoms with Crippen LogP contribution in [0.3, 0.4) is 0 Å². The van der Waals surface area contributed by atoms with E-state index < -0.39 is 0 Å². The van der Waals surface area contributed by atoms with Crippen LogP contribution in [0.4, 0.5) is 0 Å². The maximum atomic E-state index is 5.60. The Morgan fingerprint density at radius 1 is 1.41 bits per heavy atom. The zero-order valence-electron chi connectivity index (χ0n) is 9.21. The molecular formula is C11H13BrN4O. The Morgan fingerprint density at radius 3 is 3.06 bits per heavy atom. The lowest BCUT2D eigenvalue weighted by molar-refractivity contribution is 0.288. The van der Waals surface area contributed by atoms with Gasteiger partial charge in [-0.15, -0.1) is 0 Å². The molecular weight excluding hydrogens is 284 g/mol. The van der Waals surface area contributed by atoms with Gasteiger partial charge in [-0.1, -0.05) is 22.0 Å². The molecule has 0 aliphatic rings. The van der Waals surface area contributed by atoms with Crippen LogP contribution in [-0.2, 0) is 13.1 Å². The van der Waals surface area contributed by atoms with Crippen LogP contribution >= 0.6 is 15.9 Å². The highest BCUT2D eigenvalue weighted by Crippen LogP contribution is 2.17. The number of hydrogen-bond donors (Lipinski definition) is 1. The summed E-state index contributed by atoms with van der Waals surface area (Å²) in [5, 5.41) is 4.07. The molecule has 2 rings (SSSR count). The van der Waals surface area contributed by atoms with Gasteiger partial charge in [-0.25, -0.2) is 9.67 Å². The maximum Gasteiger partial charge on any atom is 0.140 e. The van der Waals surface area contributed by atoms with E-state index >= 15 is 0 Å². The number of aromatic nitrogens is 3. The van der Waals surface area contributed by atoms with Crippen LogP contribution in [0, 0.1) is 0 Å². The quantitative estimate of drug-likeness (QED) is 0.910. The monoisotopic (exact) mass is 296 g/mol. The minimum Gasteiger partial charge on any atom is -0.492 e. The summed E-state index contributed by atoms with van der Waals surface area (Å²) in [7, 11) is 0. The van der Waals surface area contributed by atoms with Gasteiger partial charge in [0.2, 0.25) is 0 Å². The van der Waals surface area contributed by atoms with Crippen LogP contribution in [0.1, 0.15) is 5.82 Å². The van der Waals surface area contributed by atoms with E-state index in [2.05, 4.69) is 26.0 Å². The van der Waals surface area contributed by atoms with Gasteiger partial charge in [0.1, 0.15) is 24.5 Å². The van der Waals surface area contributed by atoms with Crippen LogP contribution in [-0.4, -0.2) is 21.4 Å². The molecule has 6 heteroatoms. The van der Waals surface area contributed by atoms with E-state index in [0.29, 0.717) is 19.7 Å². The summed E-state index contributed by atoms with van der Waals surface area (Å²) in [4.78, 5) is 4.04. The minimum atomic E-state index is 0.386. The average molecular weight is 297 g/mol. The summed E-state index contributed by atoms with van der Waals surface area (Å²) in [6, 6.07) is 7.72. The zero-order valence-corrected chi connectivity index (χ0v) is 10.8. The Balaban J connectivity index is 1.87. The van der Waals surface area contributed by atoms with E-state index in [4.69, 9.17) is 10.5 Å². The zero-order chi connectivity index (χ0) is 12.1. The van der Waals surface area contributed by atoms with Gasteiger partial charge in [0.05, 0.1) is 13.1 Å². The number of rotatable bonds is 5. The van der Waals surface area contributed by atoms with E-state index in [1.165, 1.54) is 6.33 Å². The highest BCUT2D eigenvalue weighted by molar-refractivity contribution is 9.10. The predicted octanol–water partition coefficient (Wildman–Crippen LogP) is 1.58. The normalized spacial score (nSPS) is 10.5. The Labute approximate surface area is 108 Å². The number of ether oxygens (including phenoxy) is 1. The highest BCUT2D eigenvalue weighted by Gasteiger charge is 2.01. The van der Waals surface area contributed by atoms with Crippen molar-refractivity contribution in [3.63, 3.8) is 0 Å². The number of nitrogens with zero attached hydrogens (tertiary/aromatic N) is 3. The van der Waals surface area contributed by atoms with E-state index in [9.17, 15) is 0 Å². The lowest BCUT2D eigenvalue weighted by Crippen LogP contribution is -2.14. The molecule has 1 heterocycles. The van der Waals surface area contributed by atoms with Crippen molar-refractivity contribution in [3.8, 4) is 5.75 Å². The van der Waals surface area contributed by atoms with Crippen molar-refractivity contribution < 1.29 is 4.74 Å². The molecule has 0 fully saturated rings. The van der Waals surface area contributed by atoms with Crippen LogP contribution in [0.25, 0.3) is 0 Å². The van der Waals surface area contributed by atoms with E-state index in [1.54, 1.807) is 4.68 Å². The highest BCUT2D eigenvalue weighted by atomic mass is 79.9. The molecule has 0 spiro atoms. The molecule has 0 saturated carbocycles. The molecule has 2 aromatic rings. The largest absolute Gasteiger partial charge is 0.492 e. The van der Waals surface area contributed by atoms with Crippen molar-refractivity contribution >= 4 is 15.9 Å². The van der Waals surface area contributed by atoms with Gasteiger partial charge in [0, 0.05) is 4.47 Å².